The molecule has 8 nitrogen and oxygen atoms in total. The lowest BCUT2D eigenvalue weighted by Gasteiger charge is -2.25. The van der Waals surface area contributed by atoms with Crippen molar-refractivity contribution in [1.82, 2.24) is 19.7 Å². The summed E-state index contributed by atoms with van der Waals surface area (Å²) in [5.41, 5.74) is 5.98. The molecule has 2 aromatic heterocycles. The quantitative estimate of drug-likeness (QED) is 0.882. The molecule has 118 valence electrons. The molecular formula is C12H16ClN7OS. The summed E-state index contributed by atoms with van der Waals surface area (Å²) in [6.07, 6.45) is 1.53. The minimum Gasteiger partial charge on any atom is -0.378 e. The summed E-state index contributed by atoms with van der Waals surface area (Å²) >= 11 is 1.27. The fourth-order valence-corrected chi connectivity index (χ4v) is 2.73. The van der Waals surface area contributed by atoms with Crippen LogP contribution in [0.5, 0.6) is 0 Å². The van der Waals surface area contributed by atoms with E-state index in [4.69, 9.17) is 15.7 Å². The fourth-order valence-electron chi connectivity index (χ4n) is 2.06. The van der Waals surface area contributed by atoms with E-state index in [9.17, 15) is 0 Å². The third kappa shape index (κ3) is 3.20. The first-order valence-corrected chi connectivity index (χ1v) is 7.42. The highest BCUT2D eigenvalue weighted by atomic mass is 35.5. The van der Waals surface area contributed by atoms with Crippen LogP contribution in [0.1, 0.15) is 23.7 Å². The molecule has 0 unspecified atom stereocenters. The van der Waals surface area contributed by atoms with Gasteiger partial charge in [-0.05, 0) is 6.92 Å². The average Bonchev–Trinajstić information content (AvgIpc) is 3.14. The van der Waals surface area contributed by atoms with E-state index in [0.29, 0.717) is 35.0 Å². The van der Waals surface area contributed by atoms with Gasteiger partial charge >= 0.3 is 0 Å². The minimum atomic E-state index is -0.276. The molecule has 1 aliphatic rings. The van der Waals surface area contributed by atoms with Crippen molar-refractivity contribution in [3.63, 3.8) is 0 Å². The van der Waals surface area contributed by atoms with Gasteiger partial charge in [0.25, 0.3) is 0 Å². The molecule has 2 aromatic rings. The summed E-state index contributed by atoms with van der Waals surface area (Å²) in [4.78, 5) is 11.3. The standard InChI is InChI=1S/C12H15N7OS.ClH/c1-8(14)10-16-11(18-2-4-20-5-3-18)17-19(10)12-15-7-9(6-13)21-12;/h7-8H,2-5,14H2,1H3;1H/t8-;/m0./s1. The number of hydrogen-bond acceptors (Lipinski definition) is 8. The van der Waals surface area contributed by atoms with Crippen molar-refractivity contribution in [3.8, 4) is 11.2 Å². The van der Waals surface area contributed by atoms with Gasteiger partial charge in [0.2, 0.25) is 11.1 Å². The zero-order valence-corrected chi connectivity index (χ0v) is 13.6. The van der Waals surface area contributed by atoms with Crippen LogP contribution in [0.15, 0.2) is 6.20 Å². The van der Waals surface area contributed by atoms with Crippen molar-refractivity contribution in [2.24, 2.45) is 5.73 Å². The first-order valence-electron chi connectivity index (χ1n) is 6.60. The van der Waals surface area contributed by atoms with E-state index in [0.717, 1.165) is 13.1 Å². The van der Waals surface area contributed by atoms with E-state index >= 15 is 0 Å². The number of anilines is 1. The highest BCUT2D eigenvalue weighted by molar-refractivity contribution is 7.14. The normalized spacial score (nSPS) is 16.0. The molecule has 1 fully saturated rings. The minimum absolute atomic E-state index is 0. The number of hydrogen-bond donors (Lipinski definition) is 1. The van der Waals surface area contributed by atoms with Crippen molar-refractivity contribution in [1.29, 1.82) is 5.26 Å². The van der Waals surface area contributed by atoms with Gasteiger partial charge in [-0.1, -0.05) is 11.3 Å². The molecule has 22 heavy (non-hydrogen) atoms. The van der Waals surface area contributed by atoms with Gasteiger partial charge in [-0.3, -0.25) is 0 Å². The molecule has 0 aromatic carbocycles. The Morgan fingerprint density at radius 2 is 2.18 bits per heavy atom. The Morgan fingerprint density at radius 3 is 2.77 bits per heavy atom. The Labute approximate surface area is 137 Å². The number of rotatable bonds is 3. The van der Waals surface area contributed by atoms with Crippen molar-refractivity contribution >= 4 is 29.7 Å². The molecule has 0 radical (unpaired) electrons. The first-order chi connectivity index (χ1) is 10.2. The third-order valence-corrected chi connectivity index (χ3v) is 3.98. The monoisotopic (exact) mass is 341 g/mol. The SMILES string of the molecule is C[C@H](N)c1nc(N2CCOCC2)nn1-c1ncc(C#N)s1.Cl. The maximum atomic E-state index is 8.91. The number of ether oxygens (including phenoxy) is 1. The number of halogens is 1. The molecule has 1 atom stereocenters. The zero-order chi connectivity index (χ0) is 14.8. The number of thiazole rings is 1. The van der Waals surface area contributed by atoms with Gasteiger partial charge in [-0.15, -0.1) is 17.5 Å². The third-order valence-electron chi connectivity index (χ3n) is 3.11. The van der Waals surface area contributed by atoms with Crippen LogP contribution in [0.2, 0.25) is 0 Å². The zero-order valence-electron chi connectivity index (χ0n) is 12.0. The van der Waals surface area contributed by atoms with Gasteiger partial charge in [0.05, 0.1) is 25.5 Å². The van der Waals surface area contributed by atoms with Crippen molar-refractivity contribution in [3.05, 3.63) is 16.9 Å². The predicted octanol–water partition coefficient (Wildman–Crippen LogP) is 0.874. The van der Waals surface area contributed by atoms with Gasteiger partial charge in [0.15, 0.2) is 5.82 Å². The Balaban J connectivity index is 0.00000176. The number of nitrogens with two attached hydrogens (primary N) is 1. The molecule has 0 aliphatic carbocycles. The van der Waals surface area contributed by atoms with Crippen LogP contribution in [-0.4, -0.2) is 46.1 Å². The van der Waals surface area contributed by atoms with Crippen LogP contribution in [0.25, 0.3) is 5.13 Å². The summed E-state index contributed by atoms with van der Waals surface area (Å²) in [7, 11) is 0. The summed E-state index contributed by atoms with van der Waals surface area (Å²) in [6.45, 7) is 4.69. The molecule has 1 aliphatic heterocycles. The largest absolute Gasteiger partial charge is 0.378 e. The molecule has 0 bridgehead atoms. The van der Waals surface area contributed by atoms with E-state index in [1.54, 1.807) is 4.68 Å². The maximum absolute atomic E-state index is 8.91. The fraction of sp³-hybridized carbons (Fsp3) is 0.500. The summed E-state index contributed by atoms with van der Waals surface area (Å²) in [5.74, 6) is 1.26. The molecule has 2 N–H and O–H groups in total. The van der Waals surface area contributed by atoms with E-state index in [1.807, 2.05) is 6.92 Å². The molecule has 10 heteroatoms. The van der Waals surface area contributed by atoms with E-state index < -0.39 is 0 Å². The predicted molar refractivity (Wildman–Crippen MR) is 84.6 cm³/mol. The Bertz CT molecular complexity index is 671. The second-order valence-corrected chi connectivity index (χ2v) is 5.70. The highest BCUT2D eigenvalue weighted by Crippen LogP contribution is 2.22. The molecule has 1 saturated heterocycles. The molecule has 0 amide bonds. The van der Waals surface area contributed by atoms with Crippen LogP contribution in [-0.2, 0) is 4.74 Å². The lowest BCUT2D eigenvalue weighted by Crippen LogP contribution is -2.37. The summed E-state index contributed by atoms with van der Waals surface area (Å²) in [6, 6.07) is 1.80. The van der Waals surface area contributed by atoms with Crippen LogP contribution in [0, 0.1) is 11.3 Å². The number of nitrogens with zero attached hydrogens (tertiary/aromatic N) is 6. The Kier molecular flexibility index (Phi) is 5.31. The highest BCUT2D eigenvalue weighted by Gasteiger charge is 2.22. The van der Waals surface area contributed by atoms with Crippen molar-refractivity contribution in [2.45, 2.75) is 13.0 Å². The van der Waals surface area contributed by atoms with Crippen LogP contribution < -0.4 is 10.6 Å². The van der Waals surface area contributed by atoms with Crippen LogP contribution in [0.4, 0.5) is 5.95 Å². The molecule has 0 saturated carbocycles. The van der Waals surface area contributed by atoms with Crippen LogP contribution in [0.3, 0.4) is 0 Å². The molecule has 3 heterocycles. The van der Waals surface area contributed by atoms with E-state index in [1.165, 1.54) is 17.5 Å². The molecule has 3 rings (SSSR count). The average molecular weight is 342 g/mol. The first kappa shape index (κ1) is 16.6. The maximum Gasteiger partial charge on any atom is 0.245 e. The second-order valence-electron chi connectivity index (χ2n) is 4.69. The molecule has 0 spiro atoms. The summed E-state index contributed by atoms with van der Waals surface area (Å²) in [5, 5.41) is 14.0. The van der Waals surface area contributed by atoms with Gasteiger partial charge in [0, 0.05) is 13.1 Å². The van der Waals surface area contributed by atoms with Gasteiger partial charge < -0.3 is 15.4 Å². The number of morpholine rings is 1. The Hall–Kier alpha value is -1.73. The second kappa shape index (κ2) is 7.02. The lowest BCUT2D eigenvalue weighted by molar-refractivity contribution is 0.122. The van der Waals surface area contributed by atoms with Crippen molar-refractivity contribution < 1.29 is 4.74 Å². The Morgan fingerprint density at radius 1 is 1.45 bits per heavy atom. The van der Waals surface area contributed by atoms with E-state index in [-0.39, 0.29) is 18.4 Å². The van der Waals surface area contributed by atoms with Gasteiger partial charge in [0.1, 0.15) is 10.9 Å². The summed E-state index contributed by atoms with van der Waals surface area (Å²) < 4.78 is 6.96. The topological polar surface area (TPSA) is 106 Å². The number of aromatic nitrogens is 4. The lowest BCUT2D eigenvalue weighted by atomic mass is 10.3. The van der Waals surface area contributed by atoms with Crippen molar-refractivity contribution in [2.75, 3.05) is 31.2 Å². The number of nitriles is 1. The van der Waals surface area contributed by atoms with Gasteiger partial charge in [-0.2, -0.15) is 14.9 Å². The van der Waals surface area contributed by atoms with Gasteiger partial charge in [-0.25, -0.2) is 4.98 Å². The van der Waals surface area contributed by atoms with Crippen LogP contribution >= 0.6 is 23.7 Å². The van der Waals surface area contributed by atoms with E-state index in [2.05, 4.69) is 26.0 Å². The smallest absolute Gasteiger partial charge is 0.245 e. The molecular weight excluding hydrogens is 326 g/mol.